The molecule has 1 aromatic carbocycles. The Labute approximate surface area is 189 Å². The van der Waals surface area contributed by atoms with Crippen LogP contribution < -0.4 is 10.6 Å². The zero-order chi connectivity index (χ0) is 23.2. The van der Waals surface area contributed by atoms with E-state index in [-0.39, 0.29) is 17.3 Å². The molecule has 4 aromatic rings. The van der Waals surface area contributed by atoms with Crippen molar-refractivity contribution in [1.82, 2.24) is 24.7 Å². The summed E-state index contributed by atoms with van der Waals surface area (Å²) in [6.07, 6.45) is 4.48. The lowest BCUT2D eigenvalue weighted by molar-refractivity contribution is 0.803. The molecule has 2 N–H and O–H groups in total. The van der Waals surface area contributed by atoms with Gasteiger partial charge in [0.25, 0.3) is 5.95 Å². The van der Waals surface area contributed by atoms with E-state index >= 15 is 0 Å². The first-order valence-corrected chi connectivity index (χ1v) is 9.78. The summed E-state index contributed by atoms with van der Waals surface area (Å²) < 4.78 is 1.32. The van der Waals surface area contributed by atoms with Crippen molar-refractivity contribution in [3.05, 3.63) is 71.7 Å². The van der Waals surface area contributed by atoms with Gasteiger partial charge in [-0.15, -0.1) is 10.2 Å². The number of aromatic nitrogens is 5. The topological polar surface area (TPSA) is 153 Å². The van der Waals surface area contributed by atoms with Crippen LogP contribution in [0.3, 0.4) is 0 Å². The molecule has 3 heterocycles. The van der Waals surface area contributed by atoms with Crippen molar-refractivity contribution in [3.8, 4) is 18.1 Å². The molecule has 3 aromatic heterocycles. The van der Waals surface area contributed by atoms with Crippen LogP contribution in [-0.4, -0.2) is 31.8 Å². The SMILES string of the molecule is CNc1nc(Nc2ccccc2)c(C#N)c(C)c1N=Nc1c(C#N)cnn1-c1ncccn1. The van der Waals surface area contributed by atoms with E-state index in [0.29, 0.717) is 28.5 Å². The first kappa shape index (κ1) is 21.1. The maximum absolute atomic E-state index is 9.80. The Balaban J connectivity index is 1.79. The Hall–Kier alpha value is -5.16. The van der Waals surface area contributed by atoms with Crippen LogP contribution in [0, 0.1) is 29.6 Å². The number of hydrogen-bond donors (Lipinski definition) is 2. The predicted molar refractivity (Wildman–Crippen MR) is 121 cm³/mol. The van der Waals surface area contributed by atoms with Gasteiger partial charge in [-0.25, -0.2) is 15.0 Å². The van der Waals surface area contributed by atoms with Crippen LogP contribution >= 0.6 is 0 Å². The highest BCUT2D eigenvalue weighted by Gasteiger charge is 2.18. The van der Waals surface area contributed by atoms with Crippen LogP contribution in [0.2, 0.25) is 0 Å². The average molecular weight is 435 g/mol. The summed E-state index contributed by atoms with van der Waals surface area (Å²) in [6, 6.07) is 15.3. The zero-order valence-electron chi connectivity index (χ0n) is 17.7. The second-order valence-corrected chi connectivity index (χ2v) is 6.66. The first-order valence-electron chi connectivity index (χ1n) is 9.78. The summed E-state index contributed by atoms with van der Waals surface area (Å²) in [5.74, 6) is 1.21. The van der Waals surface area contributed by atoms with Gasteiger partial charge in [-0.05, 0) is 25.1 Å². The molecule has 0 aliphatic heterocycles. The van der Waals surface area contributed by atoms with Crippen LogP contribution in [0.1, 0.15) is 16.7 Å². The number of pyridine rings is 1. The molecule has 0 aliphatic carbocycles. The molecule has 0 unspecified atom stereocenters. The highest BCUT2D eigenvalue weighted by Crippen LogP contribution is 2.36. The molecular weight excluding hydrogens is 418 g/mol. The van der Waals surface area contributed by atoms with Crippen molar-refractivity contribution in [2.75, 3.05) is 17.7 Å². The molecule has 0 atom stereocenters. The molecule has 0 saturated carbocycles. The summed E-state index contributed by atoms with van der Waals surface area (Å²) >= 11 is 0. The smallest absolute Gasteiger partial charge is 0.252 e. The van der Waals surface area contributed by atoms with Gasteiger partial charge in [-0.1, -0.05) is 18.2 Å². The monoisotopic (exact) mass is 435 g/mol. The van der Waals surface area contributed by atoms with Gasteiger partial charge in [0.2, 0.25) is 0 Å². The Morgan fingerprint density at radius 3 is 2.39 bits per heavy atom. The summed E-state index contributed by atoms with van der Waals surface area (Å²) in [7, 11) is 1.70. The van der Waals surface area contributed by atoms with Gasteiger partial charge in [0, 0.05) is 30.7 Å². The molecule has 0 radical (unpaired) electrons. The van der Waals surface area contributed by atoms with E-state index in [2.05, 4.69) is 47.0 Å². The molecule has 0 fully saturated rings. The fraction of sp³-hybridized carbons (Fsp3) is 0.0909. The van der Waals surface area contributed by atoms with Crippen molar-refractivity contribution in [3.63, 3.8) is 0 Å². The minimum Gasteiger partial charge on any atom is -0.371 e. The lowest BCUT2D eigenvalue weighted by Crippen LogP contribution is -2.04. The third kappa shape index (κ3) is 4.19. The normalized spacial score (nSPS) is 10.5. The molecule has 4 rings (SSSR count). The van der Waals surface area contributed by atoms with E-state index in [1.165, 1.54) is 10.9 Å². The van der Waals surface area contributed by atoms with Gasteiger partial charge in [0.05, 0.1) is 11.8 Å². The van der Waals surface area contributed by atoms with Crippen molar-refractivity contribution in [2.45, 2.75) is 6.92 Å². The highest BCUT2D eigenvalue weighted by molar-refractivity contribution is 5.76. The average Bonchev–Trinajstić information content (AvgIpc) is 3.27. The Morgan fingerprint density at radius 2 is 1.73 bits per heavy atom. The third-order valence-corrected chi connectivity index (χ3v) is 4.65. The van der Waals surface area contributed by atoms with Crippen LogP contribution in [-0.2, 0) is 0 Å². The Morgan fingerprint density at radius 1 is 0.970 bits per heavy atom. The Kier molecular flexibility index (Phi) is 5.96. The summed E-state index contributed by atoms with van der Waals surface area (Å²) in [6.45, 7) is 1.76. The van der Waals surface area contributed by atoms with Gasteiger partial charge in [-0.2, -0.15) is 20.3 Å². The molecule has 0 aliphatic rings. The van der Waals surface area contributed by atoms with E-state index < -0.39 is 0 Å². The molecule has 0 amide bonds. The maximum atomic E-state index is 9.80. The third-order valence-electron chi connectivity index (χ3n) is 4.65. The number of nitriles is 2. The van der Waals surface area contributed by atoms with Crippen molar-refractivity contribution in [1.29, 1.82) is 10.5 Å². The largest absolute Gasteiger partial charge is 0.371 e. The second-order valence-electron chi connectivity index (χ2n) is 6.66. The van der Waals surface area contributed by atoms with Crippen molar-refractivity contribution >= 4 is 28.8 Å². The molecule has 33 heavy (non-hydrogen) atoms. The van der Waals surface area contributed by atoms with E-state index in [0.717, 1.165) is 5.69 Å². The quantitative estimate of drug-likeness (QED) is 0.425. The molecule has 11 heteroatoms. The first-order chi connectivity index (χ1) is 16.2. The molecule has 11 nitrogen and oxygen atoms in total. The van der Waals surface area contributed by atoms with Crippen LogP contribution in [0.4, 0.5) is 28.8 Å². The lowest BCUT2D eigenvalue weighted by Gasteiger charge is -2.14. The van der Waals surface area contributed by atoms with Crippen molar-refractivity contribution in [2.24, 2.45) is 10.2 Å². The van der Waals surface area contributed by atoms with Crippen LogP contribution in [0.25, 0.3) is 5.95 Å². The maximum Gasteiger partial charge on any atom is 0.252 e. The summed E-state index contributed by atoms with van der Waals surface area (Å²) in [5, 5.41) is 38.2. The molecule has 160 valence electrons. The minimum absolute atomic E-state index is 0.162. The summed E-state index contributed by atoms with van der Waals surface area (Å²) in [4.78, 5) is 12.8. The summed E-state index contributed by atoms with van der Waals surface area (Å²) in [5.41, 5.74) is 2.25. The number of hydrogen-bond acceptors (Lipinski definition) is 10. The lowest BCUT2D eigenvalue weighted by atomic mass is 10.1. The number of para-hydroxylation sites is 1. The van der Waals surface area contributed by atoms with Gasteiger partial charge >= 0.3 is 0 Å². The number of benzene rings is 1. The minimum atomic E-state index is 0.162. The molecule has 0 bridgehead atoms. The molecule has 0 spiro atoms. The second kappa shape index (κ2) is 9.32. The van der Waals surface area contributed by atoms with Crippen LogP contribution in [0.15, 0.2) is 65.2 Å². The van der Waals surface area contributed by atoms with E-state index in [9.17, 15) is 10.5 Å². The number of nitrogens with zero attached hydrogens (tertiary/aromatic N) is 9. The standard InChI is InChI=1S/C22H17N11/c1-14-17(12-24)19(29-16-7-4-3-5-8-16)30-20(25-2)18(14)31-32-21-15(11-23)13-28-33(21)22-26-9-6-10-27-22/h3-10,13H,1-2H3,(H2,25,29,30). The van der Waals surface area contributed by atoms with E-state index in [4.69, 9.17) is 0 Å². The fourth-order valence-electron chi connectivity index (χ4n) is 3.04. The van der Waals surface area contributed by atoms with Gasteiger partial charge in [0.1, 0.15) is 23.4 Å². The number of azo groups is 1. The van der Waals surface area contributed by atoms with Crippen LogP contribution in [0.5, 0.6) is 0 Å². The van der Waals surface area contributed by atoms with Gasteiger partial charge in [0.15, 0.2) is 17.5 Å². The Bertz CT molecular complexity index is 1390. The number of rotatable bonds is 6. The fourth-order valence-corrected chi connectivity index (χ4v) is 3.04. The number of anilines is 3. The van der Waals surface area contributed by atoms with Gasteiger partial charge < -0.3 is 10.6 Å². The molecular formula is C22H17N11. The molecule has 0 saturated heterocycles. The van der Waals surface area contributed by atoms with Crippen molar-refractivity contribution < 1.29 is 0 Å². The van der Waals surface area contributed by atoms with E-state index in [1.807, 2.05) is 36.4 Å². The van der Waals surface area contributed by atoms with E-state index in [1.54, 1.807) is 32.4 Å². The van der Waals surface area contributed by atoms with Gasteiger partial charge in [-0.3, -0.25) is 0 Å². The highest BCUT2D eigenvalue weighted by atomic mass is 15.4. The zero-order valence-corrected chi connectivity index (χ0v) is 17.7. The predicted octanol–water partition coefficient (Wildman–Crippen LogP) is 4.31. The number of nitrogens with one attached hydrogen (secondary N) is 2.